The maximum absolute atomic E-state index is 3.67. The second-order valence-corrected chi connectivity index (χ2v) is 0.904. The van der Waals surface area contributed by atoms with Crippen molar-refractivity contribution >= 4 is 13.5 Å². The van der Waals surface area contributed by atoms with Gasteiger partial charge in [0.1, 0.15) is 6.33 Å². The average Bonchev–Trinajstić information content (AvgIpc) is 1.72. The van der Waals surface area contributed by atoms with Crippen LogP contribution in [-0.4, -0.2) is 9.97 Å². The van der Waals surface area contributed by atoms with Crippen LogP contribution in [0.2, 0.25) is 0 Å². The molecular weight excluding hydrogens is 163 g/mol. The Balaban J connectivity index is 0. The zero-order valence-electron chi connectivity index (χ0n) is 4.08. The van der Waals surface area contributed by atoms with Crippen molar-refractivity contribution in [2.24, 2.45) is 0 Å². The Hall–Kier alpha value is -0.0505. The smallest absolute Gasteiger partial charge is 0.115 e. The minimum Gasteiger partial charge on any atom is -0.245 e. The molecule has 0 aliphatic carbocycles. The van der Waals surface area contributed by atoms with Crippen molar-refractivity contribution in [1.29, 1.82) is 0 Å². The Kier molecular flexibility index (Phi) is 9.42. The summed E-state index contributed by atoms with van der Waals surface area (Å²) in [5.41, 5.74) is 0. The third kappa shape index (κ3) is 4.12. The largest absolute Gasteiger partial charge is 0.245 e. The van der Waals surface area contributed by atoms with E-state index >= 15 is 0 Å². The van der Waals surface area contributed by atoms with Gasteiger partial charge in [-0.15, -0.1) is 0 Å². The minimum absolute atomic E-state index is 0. The molecule has 0 aliphatic rings. The van der Waals surface area contributed by atoms with Crippen molar-refractivity contribution in [2.75, 3.05) is 0 Å². The van der Waals surface area contributed by atoms with Crippen molar-refractivity contribution < 1.29 is 17.1 Å². The van der Waals surface area contributed by atoms with Gasteiger partial charge in [-0.05, 0) is 6.07 Å². The Morgan fingerprint density at radius 3 is 1.62 bits per heavy atom. The van der Waals surface area contributed by atoms with E-state index in [1.807, 2.05) is 0 Å². The first-order valence-corrected chi connectivity index (χ1v) is 1.70. The van der Waals surface area contributed by atoms with Gasteiger partial charge in [-0.1, -0.05) is 0 Å². The van der Waals surface area contributed by atoms with Gasteiger partial charge in [0.25, 0.3) is 0 Å². The third-order valence-electron chi connectivity index (χ3n) is 0.478. The molecule has 0 fully saturated rings. The van der Waals surface area contributed by atoms with Crippen LogP contribution in [0.5, 0.6) is 0 Å². The monoisotopic (exact) mass is 169 g/mol. The number of hydrogen-bond donors (Lipinski definition) is 0. The SMILES string of the molecule is S.[Mn].c1cncnc1. The summed E-state index contributed by atoms with van der Waals surface area (Å²) in [4.78, 5) is 7.35. The van der Waals surface area contributed by atoms with Crippen molar-refractivity contribution in [2.45, 2.75) is 0 Å². The predicted octanol–water partition coefficient (Wildman–Crippen LogP) is 0.587. The topological polar surface area (TPSA) is 25.8 Å². The first kappa shape index (κ1) is 10.8. The second kappa shape index (κ2) is 6.95. The molecule has 0 unspecified atom stereocenters. The molecule has 8 heavy (non-hydrogen) atoms. The molecule has 1 aromatic rings. The summed E-state index contributed by atoms with van der Waals surface area (Å²) >= 11 is 0. The van der Waals surface area contributed by atoms with Gasteiger partial charge in [-0.3, -0.25) is 0 Å². The number of rotatable bonds is 0. The summed E-state index contributed by atoms with van der Waals surface area (Å²) in [7, 11) is 0. The fourth-order valence-corrected chi connectivity index (χ4v) is 0.253. The molecule has 1 radical (unpaired) electrons. The van der Waals surface area contributed by atoms with Gasteiger partial charge >= 0.3 is 0 Å². The summed E-state index contributed by atoms with van der Waals surface area (Å²) in [5, 5.41) is 0. The Bertz CT molecular complexity index is 86.0. The van der Waals surface area contributed by atoms with E-state index in [9.17, 15) is 0 Å². The molecular formula is C4H6MnN2S. The molecule has 1 rings (SSSR count). The van der Waals surface area contributed by atoms with E-state index in [-0.39, 0.29) is 30.6 Å². The number of aromatic nitrogens is 2. The summed E-state index contributed by atoms with van der Waals surface area (Å²) in [6.07, 6.45) is 4.88. The quantitative estimate of drug-likeness (QED) is 0.531. The van der Waals surface area contributed by atoms with E-state index in [0.29, 0.717) is 0 Å². The van der Waals surface area contributed by atoms with Crippen LogP contribution in [0.3, 0.4) is 0 Å². The second-order valence-electron chi connectivity index (χ2n) is 0.904. The Morgan fingerprint density at radius 1 is 1.00 bits per heavy atom. The van der Waals surface area contributed by atoms with Crippen molar-refractivity contribution in [3.8, 4) is 0 Å². The molecule has 0 aliphatic heterocycles. The standard InChI is InChI=1S/C4H4N2.Mn.H2S/c1-2-5-4-6-3-1;;/h1-4H;;1H2. The van der Waals surface area contributed by atoms with Gasteiger partial charge in [0.15, 0.2) is 0 Å². The van der Waals surface area contributed by atoms with E-state index in [1.165, 1.54) is 6.33 Å². The first-order chi connectivity index (χ1) is 3.00. The molecule has 0 aromatic carbocycles. The minimum atomic E-state index is 0. The molecule has 0 saturated heterocycles. The van der Waals surface area contributed by atoms with Gasteiger partial charge < -0.3 is 0 Å². The molecule has 45 valence electrons. The van der Waals surface area contributed by atoms with Crippen LogP contribution in [0.1, 0.15) is 0 Å². The zero-order valence-corrected chi connectivity index (χ0v) is 6.26. The molecule has 0 spiro atoms. The number of nitrogens with zero attached hydrogens (tertiary/aromatic N) is 2. The van der Waals surface area contributed by atoms with E-state index in [4.69, 9.17) is 0 Å². The maximum Gasteiger partial charge on any atom is 0.115 e. The third-order valence-corrected chi connectivity index (χ3v) is 0.478. The Labute approximate surface area is 65.7 Å². The van der Waals surface area contributed by atoms with Gasteiger partial charge in [-0.25, -0.2) is 9.97 Å². The molecule has 1 aromatic heterocycles. The van der Waals surface area contributed by atoms with Crippen LogP contribution >= 0.6 is 13.5 Å². The molecule has 0 saturated carbocycles. The van der Waals surface area contributed by atoms with E-state index < -0.39 is 0 Å². The van der Waals surface area contributed by atoms with E-state index in [1.54, 1.807) is 18.5 Å². The summed E-state index contributed by atoms with van der Waals surface area (Å²) in [6.45, 7) is 0. The van der Waals surface area contributed by atoms with Gasteiger partial charge in [0.05, 0.1) is 0 Å². The van der Waals surface area contributed by atoms with Gasteiger partial charge in [-0.2, -0.15) is 13.5 Å². The normalized spacial score (nSPS) is 6.00. The first-order valence-electron chi connectivity index (χ1n) is 1.70. The van der Waals surface area contributed by atoms with Crippen molar-refractivity contribution in [1.82, 2.24) is 9.97 Å². The maximum atomic E-state index is 3.67. The van der Waals surface area contributed by atoms with Crippen LogP contribution in [0.4, 0.5) is 0 Å². The number of hydrogen-bond acceptors (Lipinski definition) is 2. The van der Waals surface area contributed by atoms with Crippen LogP contribution in [0.15, 0.2) is 24.8 Å². The Morgan fingerprint density at radius 2 is 1.50 bits per heavy atom. The molecule has 0 bridgehead atoms. The van der Waals surface area contributed by atoms with Crippen LogP contribution in [-0.2, 0) is 17.1 Å². The zero-order chi connectivity index (χ0) is 4.24. The van der Waals surface area contributed by atoms with Crippen molar-refractivity contribution in [3.63, 3.8) is 0 Å². The van der Waals surface area contributed by atoms with Gasteiger partial charge in [0.2, 0.25) is 0 Å². The predicted molar refractivity (Wildman–Crippen MR) is 32.4 cm³/mol. The van der Waals surface area contributed by atoms with Crippen LogP contribution in [0.25, 0.3) is 0 Å². The average molecular weight is 169 g/mol. The summed E-state index contributed by atoms with van der Waals surface area (Å²) in [5.74, 6) is 0. The van der Waals surface area contributed by atoms with E-state index in [0.717, 1.165) is 0 Å². The fraction of sp³-hybridized carbons (Fsp3) is 0. The summed E-state index contributed by atoms with van der Waals surface area (Å²) < 4.78 is 0. The fourth-order valence-electron chi connectivity index (χ4n) is 0.253. The molecule has 0 N–H and O–H groups in total. The van der Waals surface area contributed by atoms with Gasteiger partial charge in [0, 0.05) is 29.5 Å². The molecule has 1 heterocycles. The molecule has 0 atom stereocenters. The molecule has 4 heteroatoms. The van der Waals surface area contributed by atoms with Crippen LogP contribution in [0, 0.1) is 0 Å². The molecule has 0 amide bonds. The molecule has 2 nitrogen and oxygen atoms in total. The van der Waals surface area contributed by atoms with E-state index in [2.05, 4.69) is 9.97 Å². The van der Waals surface area contributed by atoms with Crippen LogP contribution < -0.4 is 0 Å². The summed E-state index contributed by atoms with van der Waals surface area (Å²) in [6, 6.07) is 1.78. The van der Waals surface area contributed by atoms with Crippen molar-refractivity contribution in [3.05, 3.63) is 24.8 Å².